The van der Waals surface area contributed by atoms with Gasteiger partial charge in [0.2, 0.25) is 0 Å². The molecule has 0 aromatic heterocycles. The van der Waals surface area contributed by atoms with Crippen LogP contribution in [0.15, 0.2) is 0 Å². The van der Waals surface area contributed by atoms with Gasteiger partial charge in [0.1, 0.15) is 0 Å². The van der Waals surface area contributed by atoms with Gasteiger partial charge in [0, 0.05) is 19.2 Å². The highest BCUT2D eigenvalue weighted by molar-refractivity contribution is 4.76. The van der Waals surface area contributed by atoms with Gasteiger partial charge in [-0.1, -0.05) is 20.8 Å². The molecular weight excluding hydrogens is 224 g/mol. The van der Waals surface area contributed by atoms with Gasteiger partial charge in [0.15, 0.2) is 0 Å². The van der Waals surface area contributed by atoms with Crippen LogP contribution in [-0.2, 0) is 4.74 Å². The van der Waals surface area contributed by atoms with Crippen molar-refractivity contribution < 1.29 is 4.74 Å². The number of nitrogens with one attached hydrogen (secondary N) is 1. The molecule has 2 atom stereocenters. The molecule has 2 unspecified atom stereocenters. The molecule has 1 aliphatic heterocycles. The van der Waals surface area contributed by atoms with Gasteiger partial charge in [-0.3, -0.25) is 0 Å². The molecule has 1 rings (SSSR count). The molecule has 1 aliphatic rings. The Morgan fingerprint density at radius 1 is 1.33 bits per heavy atom. The Morgan fingerprint density at radius 3 is 2.67 bits per heavy atom. The zero-order chi connectivity index (χ0) is 13.4. The quantitative estimate of drug-likeness (QED) is 0.686. The number of hydrogen-bond donors (Lipinski definition) is 1. The largest absolute Gasteiger partial charge is 0.377 e. The molecule has 0 radical (unpaired) electrons. The van der Waals surface area contributed by atoms with Gasteiger partial charge in [-0.25, -0.2) is 0 Å². The number of nitrogens with zero attached hydrogens (tertiary/aromatic N) is 1. The van der Waals surface area contributed by atoms with Crippen molar-refractivity contribution in [3.63, 3.8) is 0 Å². The summed E-state index contributed by atoms with van der Waals surface area (Å²) >= 11 is 0. The topological polar surface area (TPSA) is 24.5 Å². The average Bonchev–Trinajstić information content (AvgIpc) is 2.73. The Balaban J connectivity index is 2.07. The fraction of sp³-hybridized carbons (Fsp3) is 1.00. The summed E-state index contributed by atoms with van der Waals surface area (Å²) in [6, 6.07) is 0.756. The minimum absolute atomic E-state index is 0.385. The maximum absolute atomic E-state index is 5.99. The Bertz CT molecular complexity index is 209. The fourth-order valence-corrected chi connectivity index (χ4v) is 2.57. The summed E-state index contributed by atoms with van der Waals surface area (Å²) in [5.41, 5.74) is 0. The third-order valence-electron chi connectivity index (χ3n) is 3.86. The van der Waals surface area contributed by atoms with E-state index < -0.39 is 0 Å². The van der Waals surface area contributed by atoms with Crippen LogP contribution in [0.5, 0.6) is 0 Å². The van der Waals surface area contributed by atoms with E-state index >= 15 is 0 Å². The van der Waals surface area contributed by atoms with Crippen LogP contribution in [0.3, 0.4) is 0 Å². The fourth-order valence-electron chi connectivity index (χ4n) is 2.57. The maximum atomic E-state index is 5.99. The van der Waals surface area contributed by atoms with Crippen molar-refractivity contribution >= 4 is 0 Å². The molecule has 0 bridgehead atoms. The molecule has 0 spiro atoms. The van der Waals surface area contributed by atoms with Gasteiger partial charge in [0.25, 0.3) is 0 Å². The van der Waals surface area contributed by atoms with Crippen LogP contribution in [0.4, 0.5) is 0 Å². The Morgan fingerprint density at radius 2 is 2.11 bits per heavy atom. The average molecular weight is 256 g/mol. The van der Waals surface area contributed by atoms with Crippen molar-refractivity contribution in [3.8, 4) is 0 Å². The summed E-state index contributed by atoms with van der Waals surface area (Å²) in [5, 5.41) is 3.49. The summed E-state index contributed by atoms with van der Waals surface area (Å²) in [7, 11) is 2.24. The second-order valence-electron chi connectivity index (χ2n) is 6.02. The molecule has 1 saturated heterocycles. The highest BCUT2D eigenvalue weighted by Crippen LogP contribution is 2.17. The van der Waals surface area contributed by atoms with Gasteiger partial charge in [-0.05, 0) is 51.7 Å². The summed E-state index contributed by atoms with van der Waals surface area (Å²) < 4.78 is 5.99. The monoisotopic (exact) mass is 256 g/mol. The Labute approximate surface area is 113 Å². The maximum Gasteiger partial charge on any atom is 0.0696 e. The van der Waals surface area contributed by atoms with Crippen molar-refractivity contribution in [1.82, 2.24) is 10.2 Å². The first-order valence-electron chi connectivity index (χ1n) is 7.66. The third kappa shape index (κ3) is 6.17. The van der Waals surface area contributed by atoms with Gasteiger partial charge in [-0.15, -0.1) is 0 Å². The van der Waals surface area contributed by atoms with Crippen LogP contribution < -0.4 is 5.32 Å². The molecule has 3 nitrogen and oxygen atoms in total. The van der Waals surface area contributed by atoms with Crippen molar-refractivity contribution in [1.29, 1.82) is 0 Å². The second kappa shape index (κ2) is 8.89. The van der Waals surface area contributed by atoms with E-state index in [1.54, 1.807) is 0 Å². The lowest BCUT2D eigenvalue weighted by atomic mass is 10.1. The molecule has 1 N–H and O–H groups in total. The Kier molecular flexibility index (Phi) is 7.87. The minimum Gasteiger partial charge on any atom is -0.377 e. The molecule has 1 fully saturated rings. The predicted octanol–water partition coefficient (Wildman–Crippen LogP) is 2.51. The van der Waals surface area contributed by atoms with Crippen LogP contribution in [0.1, 0.15) is 46.5 Å². The second-order valence-corrected chi connectivity index (χ2v) is 6.02. The molecule has 18 heavy (non-hydrogen) atoms. The van der Waals surface area contributed by atoms with Crippen LogP contribution >= 0.6 is 0 Å². The number of likely N-dealkylation sites (tertiary alicyclic amines) is 1. The summed E-state index contributed by atoms with van der Waals surface area (Å²) in [4.78, 5) is 2.47. The first-order chi connectivity index (χ1) is 8.63. The van der Waals surface area contributed by atoms with E-state index in [2.05, 4.69) is 38.0 Å². The standard InChI is InChI=1S/C15H32N2O/c1-5-15(12-16-11-13(2)3)18-10-8-14-7-6-9-17(14)4/h13-16H,5-12H2,1-4H3. The van der Waals surface area contributed by atoms with Crippen molar-refractivity contribution in [2.75, 3.05) is 33.3 Å². The smallest absolute Gasteiger partial charge is 0.0696 e. The van der Waals surface area contributed by atoms with E-state index in [1.165, 1.54) is 25.8 Å². The van der Waals surface area contributed by atoms with Gasteiger partial charge in [-0.2, -0.15) is 0 Å². The number of ether oxygens (including phenoxy) is 1. The van der Waals surface area contributed by atoms with Crippen LogP contribution in [0, 0.1) is 5.92 Å². The lowest BCUT2D eigenvalue weighted by molar-refractivity contribution is 0.0398. The number of hydrogen-bond acceptors (Lipinski definition) is 3. The van der Waals surface area contributed by atoms with E-state index in [1.807, 2.05) is 0 Å². The SMILES string of the molecule is CCC(CNCC(C)C)OCCC1CCCN1C. The van der Waals surface area contributed by atoms with Crippen LogP contribution in [0.2, 0.25) is 0 Å². The summed E-state index contributed by atoms with van der Waals surface area (Å²) in [6.07, 6.45) is 5.38. The van der Waals surface area contributed by atoms with Gasteiger partial charge in [0.05, 0.1) is 6.10 Å². The number of rotatable bonds is 9. The Hall–Kier alpha value is -0.120. The van der Waals surface area contributed by atoms with E-state index in [9.17, 15) is 0 Å². The molecule has 0 saturated carbocycles. The first kappa shape index (κ1) is 15.9. The zero-order valence-electron chi connectivity index (χ0n) is 12.7. The van der Waals surface area contributed by atoms with E-state index in [-0.39, 0.29) is 0 Å². The first-order valence-corrected chi connectivity index (χ1v) is 7.66. The van der Waals surface area contributed by atoms with E-state index in [4.69, 9.17) is 4.74 Å². The molecule has 0 aliphatic carbocycles. The lowest BCUT2D eigenvalue weighted by Gasteiger charge is -2.22. The molecule has 0 aromatic carbocycles. The molecule has 0 aromatic rings. The zero-order valence-corrected chi connectivity index (χ0v) is 12.7. The van der Waals surface area contributed by atoms with Crippen LogP contribution in [0.25, 0.3) is 0 Å². The predicted molar refractivity (Wildman–Crippen MR) is 78.0 cm³/mol. The highest BCUT2D eigenvalue weighted by atomic mass is 16.5. The van der Waals surface area contributed by atoms with E-state index in [0.29, 0.717) is 6.10 Å². The minimum atomic E-state index is 0.385. The molecule has 108 valence electrons. The third-order valence-corrected chi connectivity index (χ3v) is 3.86. The van der Waals surface area contributed by atoms with Crippen molar-refractivity contribution in [2.45, 2.75) is 58.6 Å². The molecular formula is C15H32N2O. The van der Waals surface area contributed by atoms with Gasteiger partial charge >= 0.3 is 0 Å². The van der Waals surface area contributed by atoms with Crippen molar-refractivity contribution in [2.24, 2.45) is 5.92 Å². The highest BCUT2D eigenvalue weighted by Gasteiger charge is 2.20. The normalized spacial score (nSPS) is 22.8. The summed E-state index contributed by atoms with van der Waals surface area (Å²) in [6.45, 7) is 11.0. The van der Waals surface area contributed by atoms with Crippen molar-refractivity contribution in [3.05, 3.63) is 0 Å². The molecule has 3 heteroatoms. The molecule has 1 heterocycles. The van der Waals surface area contributed by atoms with Gasteiger partial charge < -0.3 is 15.0 Å². The van der Waals surface area contributed by atoms with E-state index in [0.717, 1.165) is 38.1 Å². The van der Waals surface area contributed by atoms with Crippen LogP contribution in [-0.4, -0.2) is 50.3 Å². The molecule has 0 amide bonds. The summed E-state index contributed by atoms with van der Waals surface area (Å²) in [5.74, 6) is 0.717. The lowest BCUT2D eigenvalue weighted by Crippen LogP contribution is -2.32.